The minimum Gasteiger partial charge on any atom is -0.425 e. The Balaban J connectivity index is 1.92. The Kier molecular flexibility index (Phi) is 2.21. The van der Waals surface area contributed by atoms with Crippen LogP contribution in [-0.4, -0.2) is 34.1 Å². The number of nitrogens with zero attached hydrogens (tertiary/aromatic N) is 4. The number of piperidine rings is 1. The van der Waals surface area contributed by atoms with Crippen molar-refractivity contribution in [2.75, 3.05) is 18.0 Å². The lowest BCUT2D eigenvalue weighted by Crippen LogP contribution is -2.43. The van der Waals surface area contributed by atoms with E-state index in [1.807, 2.05) is 0 Å². The average Bonchev–Trinajstić information content (AvgIpc) is 2.75. The van der Waals surface area contributed by atoms with E-state index in [1.165, 1.54) is 6.39 Å². The molecule has 1 unspecified atom stereocenters. The molecule has 0 bridgehead atoms. The first-order chi connectivity index (χ1) is 7.83. The van der Waals surface area contributed by atoms with Crippen LogP contribution in [0.4, 0.5) is 5.95 Å². The molecular weight excluding hydrogens is 206 g/mol. The van der Waals surface area contributed by atoms with Gasteiger partial charge in [0.05, 0.1) is 6.20 Å². The first-order valence-corrected chi connectivity index (χ1v) is 5.40. The summed E-state index contributed by atoms with van der Waals surface area (Å²) in [4.78, 5) is 14.7. The molecular formula is C10H13N5O. The van der Waals surface area contributed by atoms with Gasteiger partial charge in [0.1, 0.15) is 5.52 Å². The molecule has 0 radical (unpaired) electrons. The summed E-state index contributed by atoms with van der Waals surface area (Å²) in [6.07, 6.45) is 5.21. The first-order valence-electron chi connectivity index (χ1n) is 5.40. The predicted molar refractivity (Wildman–Crippen MR) is 59.0 cm³/mol. The molecule has 1 aliphatic heterocycles. The van der Waals surface area contributed by atoms with E-state index >= 15 is 0 Å². The summed E-state index contributed by atoms with van der Waals surface area (Å²) in [5.74, 6) is 0.680. The van der Waals surface area contributed by atoms with Crippen molar-refractivity contribution in [2.24, 2.45) is 5.73 Å². The fraction of sp³-hybridized carbons (Fsp3) is 0.500. The molecule has 0 spiro atoms. The summed E-state index contributed by atoms with van der Waals surface area (Å²) in [6, 6.07) is 0.211. The largest absolute Gasteiger partial charge is 0.425 e. The lowest BCUT2D eigenvalue weighted by Gasteiger charge is -2.30. The molecule has 2 aromatic heterocycles. The average molecular weight is 219 g/mol. The van der Waals surface area contributed by atoms with Gasteiger partial charge >= 0.3 is 0 Å². The molecule has 3 rings (SSSR count). The SMILES string of the molecule is NC1CCCN(c2ncc3ncoc3n2)C1. The number of fused-ring (bicyclic) bond motifs is 1. The van der Waals surface area contributed by atoms with Gasteiger partial charge in [0.15, 0.2) is 6.39 Å². The van der Waals surface area contributed by atoms with E-state index in [2.05, 4.69) is 19.9 Å². The Hall–Kier alpha value is -1.69. The van der Waals surface area contributed by atoms with Crippen LogP contribution in [-0.2, 0) is 0 Å². The Morgan fingerprint density at radius 3 is 3.25 bits per heavy atom. The molecule has 0 aromatic carbocycles. The number of rotatable bonds is 1. The lowest BCUT2D eigenvalue weighted by molar-refractivity contribution is 0.499. The smallest absolute Gasteiger partial charge is 0.251 e. The maximum atomic E-state index is 5.92. The Morgan fingerprint density at radius 2 is 2.38 bits per heavy atom. The summed E-state index contributed by atoms with van der Waals surface area (Å²) in [5, 5.41) is 0. The maximum absolute atomic E-state index is 5.92. The molecule has 1 atom stereocenters. The van der Waals surface area contributed by atoms with Crippen molar-refractivity contribution < 1.29 is 4.42 Å². The van der Waals surface area contributed by atoms with Crippen molar-refractivity contribution in [3.8, 4) is 0 Å². The Bertz CT molecular complexity index is 497. The van der Waals surface area contributed by atoms with Crippen LogP contribution in [0.3, 0.4) is 0 Å². The van der Waals surface area contributed by atoms with Gasteiger partial charge in [-0.1, -0.05) is 0 Å². The highest BCUT2D eigenvalue weighted by Gasteiger charge is 2.19. The number of hydrogen-bond acceptors (Lipinski definition) is 6. The fourth-order valence-corrected chi connectivity index (χ4v) is 2.00. The van der Waals surface area contributed by atoms with Crippen molar-refractivity contribution >= 4 is 17.2 Å². The Morgan fingerprint density at radius 1 is 1.44 bits per heavy atom. The Labute approximate surface area is 92.5 Å². The molecule has 2 N–H and O–H groups in total. The van der Waals surface area contributed by atoms with E-state index in [4.69, 9.17) is 10.2 Å². The number of aromatic nitrogens is 3. The topological polar surface area (TPSA) is 81.1 Å². The fourth-order valence-electron chi connectivity index (χ4n) is 2.00. The zero-order valence-corrected chi connectivity index (χ0v) is 8.83. The van der Waals surface area contributed by atoms with Crippen molar-refractivity contribution in [1.29, 1.82) is 0 Å². The summed E-state index contributed by atoms with van der Waals surface area (Å²) in [5.41, 5.74) is 7.14. The van der Waals surface area contributed by atoms with E-state index in [0.717, 1.165) is 25.9 Å². The zero-order valence-electron chi connectivity index (χ0n) is 8.83. The van der Waals surface area contributed by atoms with Crippen LogP contribution in [0.2, 0.25) is 0 Å². The third-order valence-electron chi connectivity index (χ3n) is 2.82. The van der Waals surface area contributed by atoms with Crippen LogP contribution >= 0.6 is 0 Å². The molecule has 2 aromatic rings. The van der Waals surface area contributed by atoms with Crippen LogP contribution < -0.4 is 10.6 Å². The highest BCUT2D eigenvalue weighted by molar-refractivity contribution is 5.67. The van der Waals surface area contributed by atoms with Gasteiger partial charge in [-0.15, -0.1) is 0 Å². The molecule has 3 heterocycles. The van der Waals surface area contributed by atoms with Crippen molar-refractivity contribution in [3.63, 3.8) is 0 Å². The van der Waals surface area contributed by atoms with Gasteiger partial charge in [0.25, 0.3) is 5.71 Å². The molecule has 0 saturated carbocycles. The third-order valence-corrected chi connectivity index (χ3v) is 2.82. The van der Waals surface area contributed by atoms with Gasteiger partial charge in [-0.05, 0) is 12.8 Å². The molecule has 6 heteroatoms. The van der Waals surface area contributed by atoms with Gasteiger partial charge < -0.3 is 15.1 Å². The normalized spacial score (nSPS) is 21.6. The quantitative estimate of drug-likeness (QED) is 0.754. The monoisotopic (exact) mass is 219 g/mol. The predicted octanol–water partition coefficient (Wildman–Crippen LogP) is 0.545. The number of anilines is 1. The van der Waals surface area contributed by atoms with Crippen LogP contribution in [0.5, 0.6) is 0 Å². The number of hydrogen-bond donors (Lipinski definition) is 1. The van der Waals surface area contributed by atoms with Gasteiger partial charge in [-0.3, -0.25) is 0 Å². The van der Waals surface area contributed by atoms with Crippen LogP contribution in [0.1, 0.15) is 12.8 Å². The van der Waals surface area contributed by atoms with E-state index in [1.54, 1.807) is 6.20 Å². The van der Waals surface area contributed by atoms with Crippen LogP contribution in [0, 0.1) is 0 Å². The standard InChI is InChI=1S/C10H13N5O/c11-7-2-1-3-15(5-7)10-12-4-8-9(14-10)16-6-13-8/h4,6-7H,1-3,5,11H2. The third kappa shape index (κ3) is 1.61. The second-order valence-corrected chi connectivity index (χ2v) is 4.06. The number of nitrogens with two attached hydrogens (primary N) is 1. The molecule has 0 amide bonds. The van der Waals surface area contributed by atoms with Gasteiger partial charge in [0, 0.05) is 19.1 Å². The molecule has 1 saturated heterocycles. The van der Waals surface area contributed by atoms with Crippen LogP contribution in [0.25, 0.3) is 11.2 Å². The molecule has 16 heavy (non-hydrogen) atoms. The van der Waals surface area contributed by atoms with Crippen molar-refractivity contribution in [2.45, 2.75) is 18.9 Å². The minimum atomic E-state index is 0.211. The summed E-state index contributed by atoms with van der Waals surface area (Å²) >= 11 is 0. The van der Waals surface area contributed by atoms with E-state index in [9.17, 15) is 0 Å². The number of oxazole rings is 1. The molecule has 1 aliphatic rings. The molecule has 1 fully saturated rings. The van der Waals surface area contributed by atoms with E-state index in [0.29, 0.717) is 17.2 Å². The van der Waals surface area contributed by atoms with Gasteiger partial charge in [-0.25, -0.2) is 9.97 Å². The second-order valence-electron chi connectivity index (χ2n) is 4.06. The highest BCUT2D eigenvalue weighted by atomic mass is 16.3. The van der Waals surface area contributed by atoms with Crippen molar-refractivity contribution in [3.05, 3.63) is 12.6 Å². The van der Waals surface area contributed by atoms with Crippen molar-refractivity contribution in [1.82, 2.24) is 15.0 Å². The van der Waals surface area contributed by atoms with E-state index in [-0.39, 0.29) is 6.04 Å². The zero-order chi connectivity index (χ0) is 11.0. The summed E-state index contributed by atoms with van der Waals surface area (Å²) in [7, 11) is 0. The molecule has 0 aliphatic carbocycles. The van der Waals surface area contributed by atoms with Crippen LogP contribution in [0.15, 0.2) is 17.0 Å². The summed E-state index contributed by atoms with van der Waals surface area (Å²) in [6.45, 7) is 1.76. The molecule has 6 nitrogen and oxygen atoms in total. The summed E-state index contributed by atoms with van der Waals surface area (Å²) < 4.78 is 5.16. The molecule has 84 valence electrons. The lowest BCUT2D eigenvalue weighted by atomic mass is 10.1. The highest BCUT2D eigenvalue weighted by Crippen LogP contribution is 2.17. The van der Waals surface area contributed by atoms with Gasteiger partial charge in [-0.2, -0.15) is 4.98 Å². The van der Waals surface area contributed by atoms with E-state index < -0.39 is 0 Å². The maximum Gasteiger partial charge on any atom is 0.251 e. The second kappa shape index (κ2) is 3.71. The minimum absolute atomic E-state index is 0.211. The first kappa shape index (κ1) is 9.53. The van der Waals surface area contributed by atoms with Gasteiger partial charge in [0.2, 0.25) is 5.95 Å².